The van der Waals surface area contributed by atoms with Crippen molar-refractivity contribution in [3.8, 4) is 22.3 Å². The van der Waals surface area contributed by atoms with E-state index in [4.69, 9.17) is 0 Å². The third-order valence-corrected chi connectivity index (χ3v) is 11.4. The van der Waals surface area contributed by atoms with Crippen molar-refractivity contribution in [2.75, 3.05) is 0 Å². The lowest BCUT2D eigenvalue weighted by Crippen LogP contribution is -2.42. The van der Waals surface area contributed by atoms with Gasteiger partial charge in [-0.05, 0) is 68.5 Å². The van der Waals surface area contributed by atoms with Crippen molar-refractivity contribution in [1.82, 2.24) is 0 Å². The van der Waals surface area contributed by atoms with E-state index in [1.54, 1.807) is 0 Å². The van der Waals surface area contributed by atoms with Crippen LogP contribution in [0.1, 0.15) is 59.1 Å². The maximum Gasteiger partial charge on any atom is 0.138 e. The third kappa shape index (κ3) is 3.86. The third-order valence-electron chi connectivity index (χ3n) is 11.4. The first-order valence-corrected chi connectivity index (χ1v) is 16.6. The van der Waals surface area contributed by atoms with Gasteiger partial charge in [-0.15, -0.1) is 0 Å². The minimum atomic E-state index is -1.12. The molecule has 0 amide bonds. The van der Waals surface area contributed by atoms with Gasteiger partial charge < -0.3 is 10.2 Å². The Kier molecular flexibility index (Phi) is 6.15. The average Bonchev–Trinajstić information content (AvgIpc) is 3.52. The Morgan fingerprint density at radius 3 is 1.79 bits per heavy atom. The molecule has 5 aromatic carbocycles. The zero-order valence-corrected chi connectivity index (χ0v) is 26.4. The molecule has 2 heteroatoms. The lowest BCUT2D eigenvalue weighted by molar-refractivity contribution is -0.0106. The molecule has 3 atom stereocenters. The Balaban J connectivity index is 0.993. The monoisotopic (exact) mass is 608 g/mol. The van der Waals surface area contributed by atoms with Crippen molar-refractivity contribution in [3.63, 3.8) is 0 Å². The number of allylic oxidation sites excluding steroid dienone is 6. The quantitative estimate of drug-likeness (QED) is 0.213. The van der Waals surface area contributed by atoms with E-state index in [9.17, 15) is 10.2 Å². The summed E-state index contributed by atoms with van der Waals surface area (Å²) < 4.78 is 0. The molecule has 0 aromatic heterocycles. The van der Waals surface area contributed by atoms with Gasteiger partial charge in [0.15, 0.2) is 0 Å². The lowest BCUT2D eigenvalue weighted by atomic mass is 9.64. The largest absolute Gasteiger partial charge is 0.379 e. The Morgan fingerprint density at radius 1 is 0.574 bits per heavy atom. The highest BCUT2D eigenvalue weighted by Gasteiger charge is 2.58. The molecule has 228 valence electrons. The number of rotatable bonds is 4. The number of fused-ring (bicyclic) bond motifs is 6. The molecule has 4 aliphatic rings. The fourth-order valence-electron chi connectivity index (χ4n) is 8.88. The fraction of sp³-hybridized carbons (Fsp3) is 0.156. The van der Waals surface area contributed by atoms with Crippen LogP contribution in [0.3, 0.4) is 0 Å². The number of hydrogen-bond acceptors (Lipinski definition) is 2. The Labute approximate surface area is 276 Å². The standard InChI is InChI=1S/C45H36O2/c1-43-29-9-8-13-39(43)38-12-4-7-16-42(38)45(43,47)35-27-23-33(24-28-35)31-19-17-30(18-20-31)32-21-25-34(26-22-32)44(46)40-14-5-2-10-36(40)37-11-3-6-15-41(37)44/h2-21,23-25,27-29,39,46-47H,22,26H2,1H3. The first kappa shape index (κ1) is 28.2. The smallest absolute Gasteiger partial charge is 0.138 e. The van der Waals surface area contributed by atoms with Gasteiger partial charge in [-0.2, -0.15) is 0 Å². The van der Waals surface area contributed by atoms with Gasteiger partial charge in [-0.3, -0.25) is 0 Å². The number of hydrogen-bond donors (Lipinski definition) is 2. The van der Waals surface area contributed by atoms with Crippen molar-refractivity contribution >= 4 is 5.57 Å². The van der Waals surface area contributed by atoms with Crippen LogP contribution in [0.2, 0.25) is 0 Å². The minimum absolute atomic E-state index is 0.133. The summed E-state index contributed by atoms with van der Waals surface area (Å²) in [6.07, 6.45) is 14.5. The minimum Gasteiger partial charge on any atom is -0.379 e. The Hall–Kier alpha value is -5.02. The van der Waals surface area contributed by atoms with Crippen molar-refractivity contribution in [3.05, 3.63) is 197 Å². The van der Waals surface area contributed by atoms with Gasteiger partial charge in [0.2, 0.25) is 0 Å². The molecule has 5 aromatic rings. The molecule has 0 spiro atoms. The van der Waals surface area contributed by atoms with Gasteiger partial charge in [-0.1, -0.05) is 165 Å². The van der Waals surface area contributed by atoms with Crippen molar-refractivity contribution in [2.45, 2.75) is 36.9 Å². The van der Waals surface area contributed by atoms with Gasteiger partial charge in [0.25, 0.3) is 0 Å². The molecule has 2 nitrogen and oxygen atoms in total. The van der Waals surface area contributed by atoms with Crippen molar-refractivity contribution in [2.24, 2.45) is 5.41 Å². The fourth-order valence-corrected chi connectivity index (χ4v) is 8.88. The molecular weight excluding hydrogens is 572 g/mol. The van der Waals surface area contributed by atoms with Crippen LogP contribution in [0, 0.1) is 5.41 Å². The molecule has 9 rings (SSSR count). The lowest BCUT2D eigenvalue weighted by Gasteiger charge is -2.42. The maximum absolute atomic E-state index is 12.5. The zero-order chi connectivity index (χ0) is 31.8. The highest BCUT2D eigenvalue weighted by atomic mass is 16.3. The van der Waals surface area contributed by atoms with E-state index in [-0.39, 0.29) is 5.92 Å². The molecule has 0 aliphatic heterocycles. The predicted octanol–water partition coefficient (Wildman–Crippen LogP) is 9.84. The van der Waals surface area contributed by atoms with Crippen molar-refractivity contribution < 1.29 is 10.2 Å². The van der Waals surface area contributed by atoms with E-state index in [2.05, 4.69) is 134 Å². The van der Waals surface area contributed by atoms with Crippen molar-refractivity contribution in [1.29, 1.82) is 0 Å². The second-order valence-electron chi connectivity index (χ2n) is 13.6. The van der Waals surface area contributed by atoms with Crippen LogP contribution in [-0.4, -0.2) is 10.2 Å². The van der Waals surface area contributed by atoms with E-state index in [0.717, 1.165) is 62.9 Å². The topological polar surface area (TPSA) is 40.5 Å². The summed E-state index contributed by atoms with van der Waals surface area (Å²) in [5, 5.41) is 24.7. The molecule has 2 N–H and O–H groups in total. The summed E-state index contributed by atoms with van der Waals surface area (Å²) >= 11 is 0. The molecule has 4 aliphatic carbocycles. The SMILES string of the molecule is CC12C=CC=CC1c1ccccc1C2(O)c1ccc(-c2ccc(C3=CC=C(C4(O)c5ccccc5-c5ccccc54)CC3)cc2)cc1. The molecular formula is C45H36O2. The number of aliphatic hydroxyl groups is 2. The predicted molar refractivity (Wildman–Crippen MR) is 191 cm³/mol. The molecule has 0 fully saturated rings. The van der Waals surface area contributed by atoms with Crippen LogP contribution in [0.25, 0.3) is 27.8 Å². The summed E-state index contributed by atoms with van der Waals surface area (Å²) in [6.45, 7) is 2.17. The van der Waals surface area contributed by atoms with E-state index in [1.807, 2.05) is 30.3 Å². The summed E-state index contributed by atoms with van der Waals surface area (Å²) in [4.78, 5) is 0. The van der Waals surface area contributed by atoms with Crippen LogP contribution in [0.15, 0.2) is 163 Å². The van der Waals surface area contributed by atoms with E-state index < -0.39 is 16.6 Å². The highest BCUT2D eigenvalue weighted by molar-refractivity contribution is 5.83. The molecule has 0 heterocycles. The van der Waals surface area contributed by atoms with Gasteiger partial charge >= 0.3 is 0 Å². The maximum atomic E-state index is 12.5. The first-order valence-electron chi connectivity index (χ1n) is 16.6. The normalized spacial score (nSPS) is 24.5. The molecule has 0 bridgehead atoms. The van der Waals surface area contributed by atoms with Crippen LogP contribution < -0.4 is 0 Å². The van der Waals surface area contributed by atoms with E-state index in [0.29, 0.717) is 0 Å². The molecule has 47 heavy (non-hydrogen) atoms. The van der Waals surface area contributed by atoms with Gasteiger partial charge in [-0.25, -0.2) is 0 Å². The van der Waals surface area contributed by atoms with Crippen LogP contribution in [-0.2, 0) is 11.2 Å². The highest BCUT2D eigenvalue weighted by Crippen LogP contribution is 2.62. The molecule has 0 radical (unpaired) electrons. The second-order valence-corrected chi connectivity index (χ2v) is 13.6. The summed E-state index contributed by atoms with van der Waals surface area (Å²) in [5.74, 6) is 0.133. The van der Waals surface area contributed by atoms with Crippen LogP contribution >= 0.6 is 0 Å². The molecule has 3 unspecified atom stereocenters. The Morgan fingerprint density at radius 2 is 1.15 bits per heavy atom. The zero-order valence-electron chi connectivity index (χ0n) is 26.4. The van der Waals surface area contributed by atoms with Gasteiger partial charge in [0.05, 0.1) is 0 Å². The number of benzene rings is 5. The van der Waals surface area contributed by atoms with Gasteiger partial charge in [0, 0.05) is 22.5 Å². The first-order chi connectivity index (χ1) is 22.9. The molecule has 0 saturated carbocycles. The molecule has 0 saturated heterocycles. The average molecular weight is 609 g/mol. The van der Waals surface area contributed by atoms with Crippen LogP contribution in [0.5, 0.6) is 0 Å². The van der Waals surface area contributed by atoms with E-state index in [1.165, 1.54) is 16.7 Å². The summed E-state index contributed by atoms with van der Waals surface area (Å²) in [6, 6.07) is 42.1. The Bertz CT molecular complexity index is 2130. The second kappa shape index (κ2) is 10.2. The van der Waals surface area contributed by atoms with Gasteiger partial charge in [0.1, 0.15) is 11.2 Å². The van der Waals surface area contributed by atoms with Crippen LogP contribution in [0.4, 0.5) is 0 Å². The summed E-state index contributed by atoms with van der Waals surface area (Å²) in [5.41, 5.74) is 10.4. The van der Waals surface area contributed by atoms with E-state index >= 15 is 0 Å². The summed E-state index contributed by atoms with van der Waals surface area (Å²) in [7, 11) is 0.